The Morgan fingerprint density at radius 1 is 1.24 bits per heavy atom. The summed E-state index contributed by atoms with van der Waals surface area (Å²) in [5.41, 5.74) is 0.742. The van der Waals surface area contributed by atoms with Crippen LogP contribution in [0, 0.1) is 0 Å². The van der Waals surface area contributed by atoms with E-state index in [1.165, 1.54) is 7.11 Å². The number of amides is 3. The Kier molecular flexibility index (Phi) is 6.95. The van der Waals surface area contributed by atoms with Crippen LogP contribution in [-0.2, 0) is 9.47 Å². The van der Waals surface area contributed by atoms with Gasteiger partial charge in [0.15, 0.2) is 0 Å². The molecule has 2 aliphatic heterocycles. The van der Waals surface area contributed by atoms with Crippen molar-refractivity contribution in [2.24, 2.45) is 0 Å². The maximum atomic E-state index is 12.7. The van der Waals surface area contributed by atoms with Crippen molar-refractivity contribution in [1.29, 1.82) is 0 Å². The zero-order valence-corrected chi connectivity index (χ0v) is 17.1. The second-order valence-electron chi connectivity index (χ2n) is 7.47. The highest BCUT2D eigenvalue weighted by molar-refractivity contribution is 6.00. The predicted molar refractivity (Wildman–Crippen MR) is 108 cm³/mol. The van der Waals surface area contributed by atoms with Gasteiger partial charge < -0.3 is 19.7 Å². The molecule has 2 aliphatic rings. The molecule has 8 heteroatoms. The zero-order chi connectivity index (χ0) is 20.8. The van der Waals surface area contributed by atoms with Crippen LogP contribution in [0.3, 0.4) is 0 Å². The number of piperidine rings is 1. The van der Waals surface area contributed by atoms with Gasteiger partial charge in [0.05, 0.1) is 24.4 Å². The van der Waals surface area contributed by atoms with Gasteiger partial charge in [-0.05, 0) is 31.4 Å². The monoisotopic (exact) mass is 403 g/mol. The number of hydrogen-bond acceptors (Lipinski definition) is 5. The zero-order valence-electron chi connectivity index (χ0n) is 17.1. The van der Waals surface area contributed by atoms with Gasteiger partial charge in [-0.3, -0.25) is 4.90 Å². The Hall–Kier alpha value is -2.77. The second-order valence-corrected chi connectivity index (χ2v) is 7.47. The first-order chi connectivity index (χ1) is 14.0. The molecule has 1 unspecified atom stereocenters. The van der Waals surface area contributed by atoms with Crippen LogP contribution in [-0.4, -0.2) is 66.8 Å². The van der Waals surface area contributed by atoms with E-state index in [9.17, 15) is 14.4 Å². The lowest BCUT2D eigenvalue weighted by atomic mass is 10.0. The molecule has 8 nitrogen and oxygen atoms in total. The molecular formula is C21H29N3O5. The minimum Gasteiger partial charge on any atom is -0.465 e. The summed E-state index contributed by atoms with van der Waals surface area (Å²) in [5, 5.41) is 2.81. The highest BCUT2D eigenvalue weighted by Crippen LogP contribution is 2.27. The molecule has 2 fully saturated rings. The standard InChI is InChI=1S/C21H29N3O5/c1-3-4-7-16-14-29-21(27)24(16)15-10-12-23(13-11-15)20(26)22-18-9-6-5-8-17(18)19(25)28-2/h5-6,8-9,15-16H,3-4,7,10-14H2,1-2H3,(H,22,26). The molecule has 158 valence electrons. The lowest BCUT2D eigenvalue weighted by Crippen LogP contribution is -2.50. The van der Waals surface area contributed by atoms with Crippen LogP contribution in [0.1, 0.15) is 49.4 Å². The van der Waals surface area contributed by atoms with Crippen LogP contribution in [0.4, 0.5) is 15.3 Å². The predicted octanol–water partition coefficient (Wildman–Crippen LogP) is 3.48. The van der Waals surface area contributed by atoms with Gasteiger partial charge in [0.2, 0.25) is 0 Å². The lowest BCUT2D eigenvalue weighted by Gasteiger charge is -2.37. The first-order valence-electron chi connectivity index (χ1n) is 10.2. The number of urea groups is 1. The van der Waals surface area contributed by atoms with E-state index in [4.69, 9.17) is 9.47 Å². The van der Waals surface area contributed by atoms with Crippen LogP contribution in [0.25, 0.3) is 0 Å². The maximum Gasteiger partial charge on any atom is 0.410 e. The number of para-hydroxylation sites is 1. The maximum absolute atomic E-state index is 12.7. The van der Waals surface area contributed by atoms with Gasteiger partial charge in [-0.15, -0.1) is 0 Å². The van der Waals surface area contributed by atoms with E-state index in [2.05, 4.69) is 12.2 Å². The SMILES string of the molecule is CCCCC1COC(=O)N1C1CCN(C(=O)Nc2ccccc2C(=O)OC)CC1. The van der Waals surface area contributed by atoms with E-state index < -0.39 is 5.97 Å². The van der Waals surface area contributed by atoms with Crippen molar-refractivity contribution in [3.8, 4) is 0 Å². The van der Waals surface area contributed by atoms with Crippen molar-refractivity contribution in [2.75, 3.05) is 32.1 Å². The topological polar surface area (TPSA) is 88.2 Å². The molecule has 2 saturated heterocycles. The molecule has 0 saturated carbocycles. The summed E-state index contributed by atoms with van der Waals surface area (Å²) in [6.07, 6.45) is 4.30. The summed E-state index contributed by atoms with van der Waals surface area (Å²) in [7, 11) is 1.31. The first kappa shape index (κ1) is 21.0. The number of unbranched alkanes of at least 4 members (excludes halogenated alkanes) is 1. The minimum atomic E-state index is -0.495. The fourth-order valence-corrected chi connectivity index (χ4v) is 4.00. The van der Waals surface area contributed by atoms with Gasteiger partial charge in [-0.1, -0.05) is 31.9 Å². The van der Waals surface area contributed by atoms with E-state index in [-0.39, 0.29) is 24.2 Å². The van der Waals surface area contributed by atoms with Crippen molar-refractivity contribution in [3.05, 3.63) is 29.8 Å². The highest BCUT2D eigenvalue weighted by atomic mass is 16.6. The molecule has 3 rings (SSSR count). The van der Waals surface area contributed by atoms with Crippen molar-refractivity contribution < 1.29 is 23.9 Å². The van der Waals surface area contributed by atoms with Gasteiger partial charge in [-0.25, -0.2) is 14.4 Å². The summed E-state index contributed by atoms with van der Waals surface area (Å²) in [4.78, 5) is 40.4. The van der Waals surface area contributed by atoms with Crippen LogP contribution < -0.4 is 5.32 Å². The molecule has 2 heterocycles. The third-order valence-corrected chi connectivity index (χ3v) is 5.61. The number of carbonyl (C=O) groups is 3. The summed E-state index contributed by atoms with van der Waals surface area (Å²) in [6, 6.07) is 6.74. The molecule has 0 aliphatic carbocycles. The normalized spacial score (nSPS) is 19.8. The molecule has 29 heavy (non-hydrogen) atoms. The number of methoxy groups -OCH3 is 1. The van der Waals surface area contributed by atoms with Crippen molar-refractivity contribution in [2.45, 2.75) is 51.1 Å². The molecule has 0 radical (unpaired) electrons. The number of nitrogens with zero attached hydrogens (tertiary/aromatic N) is 2. The summed E-state index contributed by atoms with van der Waals surface area (Å²) in [6.45, 7) is 3.68. The van der Waals surface area contributed by atoms with E-state index in [0.29, 0.717) is 43.8 Å². The summed E-state index contributed by atoms with van der Waals surface area (Å²) >= 11 is 0. The third kappa shape index (κ3) is 4.81. The second kappa shape index (κ2) is 9.62. The van der Waals surface area contributed by atoms with E-state index in [1.807, 2.05) is 4.90 Å². The Morgan fingerprint density at radius 3 is 2.66 bits per heavy atom. The first-order valence-corrected chi connectivity index (χ1v) is 10.2. The Labute approximate surface area is 171 Å². The number of cyclic esters (lactones) is 1. The molecule has 1 aromatic carbocycles. The number of rotatable bonds is 6. The van der Waals surface area contributed by atoms with Crippen molar-refractivity contribution in [3.63, 3.8) is 0 Å². The van der Waals surface area contributed by atoms with E-state index in [1.54, 1.807) is 29.2 Å². The molecule has 0 bridgehead atoms. The summed E-state index contributed by atoms with van der Waals surface area (Å²) in [5.74, 6) is -0.495. The number of esters is 1. The molecular weight excluding hydrogens is 374 g/mol. The molecule has 1 atom stereocenters. The average Bonchev–Trinajstić information content (AvgIpc) is 3.12. The number of nitrogens with one attached hydrogen (secondary N) is 1. The molecule has 3 amide bonds. The van der Waals surface area contributed by atoms with E-state index in [0.717, 1.165) is 19.3 Å². The number of anilines is 1. The number of carbonyl (C=O) groups excluding carboxylic acids is 3. The van der Waals surface area contributed by atoms with Gasteiger partial charge in [0.1, 0.15) is 6.61 Å². The van der Waals surface area contributed by atoms with Crippen LogP contribution in [0.2, 0.25) is 0 Å². The Morgan fingerprint density at radius 2 is 1.97 bits per heavy atom. The largest absolute Gasteiger partial charge is 0.465 e. The van der Waals surface area contributed by atoms with E-state index >= 15 is 0 Å². The van der Waals surface area contributed by atoms with Gasteiger partial charge in [-0.2, -0.15) is 0 Å². The van der Waals surface area contributed by atoms with Crippen molar-refractivity contribution in [1.82, 2.24) is 9.80 Å². The van der Waals surface area contributed by atoms with Gasteiger partial charge in [0.25, 0.3) is 0 Å². The van der Waals surface area contributed by atoms with Crippen LogP contribution in [0.5, 0.6) is 0 Å². The molecule has 1 N–H and O–H groups in total. The van der Waals surface area contributed by atoms with Gasteiger partial charge in [0, 0.05) is 19.1 Å². The fraction of sp³-hybridized carbons (Fsp3) is 0.571. The number of likely N-dealkylation sites (tertiary alicyclic amines) is 1. The van der Waals surface area contributed by atoms with Crippen LogP contribution in [0.15, 0.2) is 24.3 Å². The highest BCUT2D eigenvalue weighted by Gasteiger charge is 2.39. The number of hydrogen-bond donors (Lipinski definition) is 1. The van der Waals surface area contributed by atoms with Crippen molar-refractivity contribution >= 4 is 23.8 Å². The smallest absolute Gasteiger partial charge is 0.410 e. The Bertz CT molecular complexity index is 746. The molecule has 0 aromatic heterocycles. The summed E-state index contributed by atoms with van der Waals surface area (Å²) < 4.78 is 10.0. The van der Waals surface area contributed by atoms with Crippen LogP contribution >= 0.6 is 0 Å². The Balaban J connectivity index is 1.57. The third-order valence-electron chi connectivity index (χ3n) is 5.61. The minimum absolute atomic E-state index is 0.0956. The number of benzene rings is 1. The molecule has 1 aromatic rings. The lowest BCUT2D eigenvalue weighted by molar-refractivity contribution is 0.0602. The quantitative estimate of drug-likeness (QED) is 0.735. The van der Waals surface area contributed by atoms with Gasteiger partial charge >= 0.3 is 18.1 Å². The number of ether oxygens (including phenoxy) is 2. The average molecular weight is 403 g/mol. The molecule has 0 spiro atoms. The fourth-order valence-electron chi connectivity index (χ4n) is 4.00.